The molecule has 0 saturated carbocycles. The van der Waals surface area contributed by atoms with Crippen molar-refractivity contribution in [2.24, 2.45) is 5.92 Å². The summed E-state index contributed by atoms with van der Waals surface area (Å²) in [4.78, 5) is 24.8. The molecule has 0 bridgehead atoms. The Bertz CT molecular complexity index is 428. The standard InChI is InChI=1S/C14H17NO2/c1-11-4-2-6-13(8-11)14(17)15-7-3-5-12(9-15)10-16/h2,4,6,8,10,12H,3,5,7,9H2,1H3. The molecule has 0 spiro atoms. The number of rotatable bonds is 2. The maximum absolute atomic E-state index is 12.2. The third kappa shape index (κ3) is 2.73. The van der Waals surface area contributed by atoms with E-state index in [4.69, 9.17) is 0 Å². The second kappa shape index (κ2) is 5.13. The number of piperidine rings is 1. The lowest BCUT2D eigenvalue weighted by atomic mass is 9.99. The number of aryl methyl sites for hydroxylation is 1. The van der Waals surface area contributed by atoms with Crippen molar-refractivity contribution in [3.63, 3.8) is 0 Å². The van der Waals surface area contributed by atoms with Crippen LogP contribution < -0.4 is 0 Å². The van der Waals surface area contributed by atoms with Gasteiger partial charge in [0.1, 0.15) is 6.29 Å². The fourth-order valence-electron chi connectivity index (χ4n) is 2.27. The van der Waals surface area contributed by atoms with E-state index >= 15 is 0 Å². The van der Waals surface area contributed by atoms with E-state index in [1.54, 1.807) is 4.90 Å². The smallest absolute Gasteiger partial charge is 0.253 e. The van der Waals surface area contributed by atoms with Crippen LogP contribution in [-0.2, 0) is 4.79 Å². The number of hydrogen-bond donors (Lipinski definition) is 0. The van der Waals surface area contributed by atoms with Crippen molar-refractivity contribution in [1.82, 2.24) is 4.90 Å². The largest absolute Gasteiger partial charge is 0.338 e. The van der Waals surface area contributed by atoms with E-state index in [0.717, 1.165) is 36.8 Å². The predicted octanol–water partition coefficient (Wildman–Crippen LogP) is 2.05. The number of hydrogen-bond acceptors (Lipinski definition) is 2. The maximum Gasteiger partial charge on any atom is 0.253 e. The highest BCUT2D eigenvalue weighted by Gasteiger charge is 2.23. The van der Waals surface area contributed by atoms with E-state index in [1.165, 1.54) is 0 Å². The summed E-state index contributed by atoms with van der Waals surface area (Å²) in [5, 5.41) is 0. The van der Waals surface area contributed by atoms with Crippen LogP contribution in [0.25, 0.3) is 0 Å². The van der Waals surface area contributed by atoms with Crippen LogP contribution in [0.2, 0.25) is 0 Å². The Balaban J connectivity index is 2.11. The predicted molar refractivity (Wildman–Crippen MR) is 65.9 cm³/mol. The summed E-state index contributed by atoms with van der Waals surface area (Å²) in [5.74, 6) is 0.0535. The quantitative estimate of drug-likeness (QED) is 0.730. The Morgan fingerprint density at radius 3 is 3.00 bits per heavy atom. The first-order valence-corrected chi connectivity index (χ1v) is 6.02. The molecule has 1 heterocycles. The Hall–Kier alpha value is -1.64. The van der Waals surface area contributed by atoms with Crippen molar-refractivity contribution in [3.05, 3.63) is 35.4 Å². The molecule has 1 aliphatic rings. The molecule has 90 valence electrons. The van der Waals surface area contributed by atoms with Crippen LogP contribution in [0, 0.1) is 12.8 Å². The summed E-state index contributed by atoms with van der Waals surface area (Å²) >= 11 is 0. The van der Waals surface area contributed by atoms with E-state index in [-0.39, 0.29) is 11.8 Å². The summed E-state index contributed by atoms with van der Waals surface area (Å²) in [6.45, 7) is 3.30. The molecule has 1 aromatic rings. The van der Waals surface area contributed by atoms with Crippen molar-refractivity contribution in [1.29, 1.82) is 0 Å². The fraction of sp³-hybridized carbons (Fsp3) is 0.429. The highest BCUT2D eigenvalue weighted by atomic mass is 16.2. The lowest BCUT2D eigenvalue weighted by Crippen LogP contribution is -2.40. The third-order valence-corrected chi connectivity index (χ3v) is 3.20. The molecule has 2 rings (SSSR count). The molecule has 1 fully saturated rings. The topological polar surface area (TPSA) is 37.4 Å². The van der Waals surface area contributed by atoms with E-state index < -0.39 is 0 Å². The van der Waals surface area contributed by atoms with Gasteiger partial charge in [0, 0.05) is 24.6 Å². The van der Waals surface area contributed by atoms with Gasteiger partial charge < -0.3 is 9.69 Å². The summed E-state index contributed by atoms with van der Waals surface area (Å²) < 4.78 is 0. The minimum Gasteiger partial charge on any atom is -0.338 e. The molecule has 1 unspecified atom stereocenters. The van der Waals surface area contributed by atoms with Crippen molar-refractivity contribution in [2.45, 2.75) is 19.8 Å². The van der Waals surface area contributed by atoms with Gasteiger partial charge in [-0.2, -0.15) is 0 Å². The van der Waals surface area contributed by atoms with Crippen LogP contribution in [0.3, 0.4) is 0 Å². The van der Waals surface area contributed by atoms with E-state index in [9.17, 15) is 9.59 Å². The molecule has 0 aromatic heterocycles. The number of amides is 1. The van der Waals surface area contributed by atoms with Crippen LogP contribution in [0.5, 0.6) is 0 Å². The Labute approximate surface area is 101 Å². The van der Waals surface area contributed by atoms with Crippen LogP contribution in [-0.4, -0.2) is 30.2 Å². The van der Waals surface area contributed by atoms with Crippen LogP contribution in [0.4, 0.5) is 0 Å². The lowest BCUT2D eigenvalue weighted by Gasteiger charge is -2.30. The van der Waals surface area contributed by atoms with Crippen molar-refractivity contribution in [3.8, 4) is 0 Å². The number of carbonyl (C=O) groups is 2. The average molecular weight is 231 g/mol. The Morgan fingerprint density at radius 1 is 1.47 bits per heavy atom. The van der Waals surface area contributed by atoms with Gasteiger partial charge in [0.15, 0.2) is 0 Å². The Kier molecular flexibility index (Phi) is 3.57. The number of benzene rings is 1. The minimum atomic E-state index is 0.0116. The van der Waals surface area contributed by atoms with Crippen molar-refractivity contribution in [2.75, 3.05) is 13.1 Å². The highest BCUT2D eigenvalue weighted by molar-refractivity contribution is 5.94. The molecule has 3 nitrogen and oxygen atoms in total. The lowest BCUT2D eigenvalue weighted by molar-refractivity contribution is -0.112. The SMILES string of the molecule is Cc1cccc(C(=O)N2CCCC(C=O)C2)c1. The molecule has 0 aliphatic carbocycles. The van der Waals surface area contributed by atoms with Gasteiger partial charge in [0.05, 0.1) is 0 Å². The zero-order chi connectivity index (χ0) is 12.3. The highest BCUT2D eigenvalue weighted by Crippen LogP contribution is 2.17. The number of aldehydes is 1. The molecule has 17 heavy (non-hydrogen) atoms. The minimum absolute atomic E-state index is 0.0116. The van der Waals surface area contributed by atoms with Gasteiger partial charge in [0.25, 0.3) is 5.91 Å². The molecule has 1 atom stereocenters. The maximum atomic E-state index is 12.2. The van der Waals surface area contributed by atoms with Gasteiger partial charge in [-0.25, -0.2) is 0 Å². The van der Waals surface area contributed by atoms with Gasteiger partial charge in [-0.05, 0) is 31.9 Å². The molecule has 3 heteroatoms. The van der Waals surface area contributed by atoms with Crippen LogP contribution in [0.1, 0.15) is 28.8 Å². The van der Waals surface area contributed by atoms with Gasteiger partial charge >= 0.3 is 0 Å². The van der Waals surface area contributed by atoms with E-state index in [2.05, 4.69) is 0 Å². The van der Waals surface area contributed by atoms with Crippen molar-refractivity contribution < 1.29 is 9.59 Å². The summed E-state index contributed by atoms with van der Waals surface area (Å²) in [6.07, 6.45) is 2.79. The van der Waals surface area contributed by atoms with Gasteiger partial charge in [-0.15, -0.1) is 0 Å². The fourth-order valence-corrected chi connectivity index (χ4v) is 2.27. The second-order valence-electron chi connectivity index (χ2n) is 4.66. The normalized spacial score (nSPS) is 20.1. The van der Waals surface area contributed by atoms with Crippen LogP contribution >= 0.6 is 0 Å². The zero-order valence-electron chi connectivity index (χ0n) is 10.1. The third-order valence-electron chi connectivity index (χ3n) is 3.20. The van der Waals surface area contributed by atoms with Gasteiger partial charge in [-0.3, -0.25) is 4.79 Å². The summed E-state index contributed by atoms with van der Waals surface area (Å²) in [7, 11) is 0. The zero-order valence-corrected chi connectivity index (χ0v) is 10.1. The molecule has 0 radical (unpaired) electrons. The average Bonchev–Trinajstić information content (AvgIpc) is 2.38. The molecule has 1 aliphatic heterocycles. The van der Waals surface area contributed by atoms with Gasteiger partial charge in [0.2, 0.25) is 0 Å². The van der Waals surface area contributed by atoms with Gasteiger partial charge in [-0.1, -0.05) is 17.7 Å². The van der Waals surface area contributed by atoms with Crippen LogP contribution in [0.15, 0.2) is 24.3 Å². The number of carbonyl (C=O) groups excluding carboxylic acids is 2. The molecular weight excluding hydrogens is 214 g/mol. The first-order valence-electron chi connectivity index (χ1n) is 6.02. The molecule has 1 saturated heterocycles. The van der Waals surface area contributed by atoms with E-state index in [1.807, 2.05) is 31.2 Å². The Morgan fingerprint density at radius 2 is 2.29 bits per heavy atom. The number of likely N-dealkylation sites (tertiary alicyclic amines) is 1. The monoisotopic (exact) mass is 231 g/mol. The van der Waals surface area contributed by atoms with Crippen molar-refractivity contribution >= 4 is 12.2 Å². The summed E-state index contributed by atoms with van der Waals surface area (Å²) in [5.41, 5.74) is 1.80. The van der Waals surface area contributed by atoms with E-state index in [0.29, 0.717) is 6.54 Å². The number of nitrogens with zero attached hydrogens (tertiary/aromatic N) is 1. The molecule has 1 amide bonds. The molecular formula is C14H17NO2. The second-order valence-corrected chi connectivity index (χ2v) is 4.66. The summed E-state index contributed by atoms with van der Waals surface area (Å²) in [6, 6.07) is 7.59. The first kappa shape index (κ1) is 11.8. The first-order chi connectivity index (χ1) is 8.20. The molecule has 0 N–H and O–H groups in total. The molecule has 1 aromatic carbocycles.